The molecule has 9 heteroatoms. The lowest BCUT2D eigenvalue weighted by Crippen LogP contribution is -2.39. The van der Waals surface area contributed by atoms with Crippen molar-refractivity contribution in [1.82, 2.24) is 4.57 Å². The van der Waals surface area contributed by atoms with Crippen LogP contribution in [0.15, 0.2) is 41.3 Å². The number of pyridine rings is 1. The number of benzene rings is 2. The van der Waals surface area contributed by atoms with Crippen LogP contribution in [0.5, 0.6) is 0 Å². The van der Waals surface area contributed by atoms with Gasteiger partial charge in [-0.2, -0.15) is 0 Å². The minimum Gasteiger partial charge on any atom is -0.462 e. The van der Waals surface area contributed by atoms with E-state index in [1.54, 1.807) is 29.7 Å². The normalized spacial score (nSPS) is 12.2. The van der Waals surface area contributed by atoms with Gasteiger partial charge in [0.2, 0.25) is 5.43 Å². The van der Waals surface area contributed by atoms with Gasteiger partial charge in [0.05, 0.1) is 12.1 Å². The molecular weight excluding hydrogens is 607 g/mol. The van der Waals surface area contributed by atoms with Gasteiger partial charge in [-0.15, -0.1) is 0 Å². The maximum Gasteiger partial charge on any atom is 0.343 e. The van der Waals surface area contributed by atoms with E-state index in [4.69, 9.17) is 4.74 Å². The van der Waals surface area contributed by atoms with Crippen LogP contribution in [0.25, 0.3) is 10.9 Å². The van der Waals surface area contributed by atoms with E-state index in [0.29, 0.717) is 34.0 Å². The van der Waals surface area contributed by atoms with Gasteiger partial charge in [-0.1, -0.05) is 54.6 Å². The third-order valence-electron chi connectivity index (χ3n) is 7.28. The number of ether oxygens (including phenoxy) is 1. The van der Waals surface area contributed by atoms with Crippen molar-refractivity contribution in [3.05, 3.63) is 80.6 Å². The van der Waals surface area contributed by atoms with Crippen LogP contribution in [0.1, 0.15) is 60.7 Å². The molecule has 0 bridgehead atoms. The Kier molecular flexibility index (Phi) is 9.34. The molecule has 5 nitrogen and oxygen atoms in total. The van der Waals surface area contributed by atoms with E-state index in [0.717, 1.165) is 6.42 Å². The van der Waals surface area contributed by atoms with Gasteiger partial charge in [0.15, 0.2) is 8.32 Å². The van der Waals surface area contributed by atoms with E-state index in [-0.39, 0.29) is 40.4 Å². The first-order valence-electron chi connectivity index (χ1n) is 12.4. The van der Waals surface area contributed by atoms with Crippen LogP contribution >= 0.6 is 22.6 Å². The van der Waals surface area contributed by atoms with Crippen molar-refractivity contribution in [1.29, 1.82) is 0 Å². The Morgan fingerprint density at radius 1 is 1.16 bits per heavy atom. The van der Waals surface area contributed by atoms with Crippen molar-refractivity contribution in [3.8, 4) is 0 Å². The lowest BCUT2D eigenvalue weighted by atomic mass is 9.99. The number of esters is 1. The Labute approximate surface area is 231 Å². The van der Waals surface area contributed by atoms with Crippen LogP contribution < -0.4 is 5.43 Å². The minimum absolute atomic E-state index is 0.0223. The SMILES string of the molecule is CCOC(=O)c1cn(CCCC(C)(C)[Si](C)(C)O)c2cc(F)c(Cc3cccc(CI)c3F)cc2c1=O. The van der Waals surface area contributed by atoms with Crippen molar-refractivity contribution < 1.29 is 23.1 Å². The smallest absolute Gasteiger partial charge is 0.343 e. The second kappa shape index (κ2) is 11.7. The molecule has 200 valence electrons. The van der Waals surface area contributed by atoms with Crippen LogP contribution in [0, 0.1) is 11.6 Å². The topological polar surface area (TPSA) is 68.5 Å². The van der Waals surface area contributed by atoms with Gasteiger partial charge in [0, 0.05) is 29.0 Å². The lowest BCUT2D eigenvalue weighted by molar-refractivity contribution is 0.0524. The fourth-order valence-corrected chi connectivity index (χ4v) is 5.58. The quantitative estimate of drug-likeness (QED) is 0.115. The van der Waals surface area contributed by atoms with E-state index in [2.05, 4.69) is 22.6 Å². The zero-order valence-corrected chi connectivity index (χ0v) is 25.1. The summed E-state index contributed by atoms with van der Waals surface area (Å²) in [4.78, 5) is 36.5. The molecule has 1 aromatic heterocycles. The summed E-state index contributed by atoms with van der Waals surface area (Å²) < 4.78 is 37.5. The Morgan fingerprint density at radius 3 is 2.46 bits per heavy atom. The van der Waals surface area contributed by atoms with Crippen molar-refractivity contribution in [2.24, 2.45) is 0 Å². The first kappa shape index (κ1) is 29.4. The summed E-state index contributed by atoms with van der Waals surface area (Å²) >= 11 is 2.08. The number of rotatable bonds is 10. The number of aromatic nitrogens is 1. The predicted octanol–water partition coefficient (Wildman–Crippen LogP) is 6.74. The number of alkyl halides is 1. The molecule has 0 saturated heterocycles. The second-order valence-electron chi connectivity index (χ2n) is 10.5. The maximum absolute atomic E-state index is 15.3. The van der Waals surface area contributed by atoms with Crippen LogP contribution in [-0.2, 0) is 22.1 Å². The van der Waals surface area contributed by atoms with Crippen molar-refractivity contribution in [2.45, 2.75) is 69.1 Å². The molecule has 0 aliphatic heterocycles. The summed E-state index contributed by atoms with van der Waals surface area (Å²) in [6, 6.07) is 7.74. The Bertz CT molecular complexity index is 1370. The first-order chi connectivity index (χ1) is 17.3. The number of nitrogens with zero attached hydrogens (tertiary/aromatic N) is 1. The van der Waals surface area contributed by atoms with E-state index in [1.807, 2.05) is 26.9 Å². The van der Waals surface area contributed by atoms with Crippen molar-refractivity contribution in [3.63, 3.8) is 0 Å². The van der Waals surface area contributed by atoms with Crippen LogP contribution in [-0.4, -0.2) is 30.3 Å². The largest absolute Gasteiger partial charge is 0.462 e. The van der Waals surface area contributed by atoms with Gasteiger partial charge >= 0.3 is 5.97 Å². The molecule has 0 aliphatic carbocycles. The molecule has 0 amide bonds. The van der Waals surface area contributed by atoms with E-state index in [1.165, 1.54) is 18.3 Å². The van der Waals surface area contributed by atoms with Gasteiger partial charge in [0.1, 0.15) is 17.2 Å². The summed E-state index contributed by atoms with van der Waals surface area (Å²) in [7, 11) is -2.41. The van der Waals surface area contributed by atoms with Crippen LogP contribution in [0.3, 0.4) is 0 Å². The zero-order chi connectivity index (χ0) is 27.5. The summed E-state index contributed by atoms with van der Waals surface area (Å²) in [5.74, 6) is -1.67. The highest BCUT2D eigenvalue weighted by molar-refractivity contribution is 14.1. The van der Waals surface area contributed by atoms with Gasteiger partial charge in [-0.25, -0.2) is 13.6 Å². The standard InChI is InChI=1S/C28H34F2INO4Si/c1-6-36-27(34)22-17-32(12-8-11-28(2,3)37(4,5)35)24-15-23(29)20(14-21(24)26(22)33)13-18-9-7-10-19(16-31)25(18)30/h7,9-10,14-15,17,35H,6,8,11-13,16H2,1-5H3. The van der Waals surface area contributed by atoms with Crippen LogP contribution in [0.4, 0.5) is 8.78 Å². The van der Waals surface area contributed by atoms with Gasteiger partial charge in [-0.3, -0.25) is 4.79 Å². The molecule has 0 unspecified atom stereocenters. The molecule has 0 atom stereocenters. The summed E-state index contributed by atoms with van der Waals surface area (Å²) in [5.41, 5.74) is 0.739. The lowest BCUT2D eigenvalue weighted by Gasteiger charge is -2.35. The number of fused-ring (bicyclic) bond motifs is 1. The van der Waals surface area contributed by atoms with E-state index < -0.39 is 25.5 Å². The second-order valence-corrected chi connectivity index (χ2v) is 15.7. The summed E-state index contributed by atoms with van der Waals surface area (Å²) in [5, 5.41) is -0.0654. The fourth-order valence-electron chi connectivity index (χ4n) is 4.21. The average molecular weight is 642 g/mol. The molecule has 0 radical (unpaired) electrons. The number of carbonyl (C=O) groups is 1. The predicted molar refractivity (Wildman–Crippen MR) is 154 cm³/mol. The van der Waals surface area contributed by atoms with E-state index >= 15 is 4.39 Å². The summed E-state index contributed by atoms with van der Waals surface area (Å²) in [6.07, 6.45) is 2.78. The van der Waals surface area contributed by atoms with Crippen LogP contribution in [0.2, 0.25) is 18.1 Å². The number of carbonyl (C=O) groups excluding carboxylic acids is 1. The third kappa shape index (κ3) is 6.49. The Morgan fingerprint density at radius 2 is 1.84 bits per heavy atom. The zero-order valence-electron chi connectivity index (χ0n) is 22.0. The molecule has 1 N–H and O–H groups in total. The van der Waals surface area contributed by atoms with Gasteiger partial charge in [0.25, 0.3) is 0 Å². The van der Waals surface area contributed by atoms with Gasteiger partial charge < -0.3 is 14.1 Å². The molecule has 0 aliphatic rings. The first-order valence-corrected chi connectivity index (χ1v) is 16.8. The summed E-state index contributed by atoms with van der Waals surface area (Å²) in [6.45, 7) is 10.1. The molecular formula is C28H34F2INO4Si. The molecule has 3 aromatic rings. The Hall–Kier alpha value is -2.11. The fraction of sp³-hybridized carbons (Fsp3) is 0.429. The van der Waals surface area contributed by atoms with Crippen molar-refractivity contribution in [2.75, 3.05) is 6.61 Å². The molecule has 1 heterocycles. The highest BCUT2D eigenvalue weighted by Crippen LogP contribution is 2.40. The monoisotopic (exact) mass is 641 g/mol. The minimum atomic E-state index is -2.41. The number of hydrogen-bond donors (Lipinski definition) is 1. The average Bonchev–Trinajstić information content (AvgIpc) is 2.82. The third-order valence-corrected chi connectivity index (χ3v) is 11.7. The Balaban J connectivity index is 2.09. The number of aryl methyl sites for hydroxylation is 1. The molecule has 3 rings (SSSR count). The molecule has 37 heavy (non-hydrogen) atoms. The maximum atomic E-state index is 15.3. The van der Waals surface area contributed by atoms with Gasteiger partial charge in [-0.05, 0) is 66.7 Å². The molecule has 0 saturated carbocycles. The molecule has 0 spiro atoms. The highest BCUT2D eigenvalue weighted by Gasteiger charge is 2.37. The number of halogens is 3. The molecule has 0 fully saturated rings. The van der Waals surface area contributed by atoms with Crippen molar-refractivity contribution >= 4 is 47.8 Å². The molecule has 2 aromatic carbocycles. The number of hydrogen-bond acceptors (Lipinski definition) is 4. The highest BCUT2D eigenvalue weighted by atomic mass is 127. The van der Waals surface area contributed by atoms with E-state index in [9.17, 15) is 18.8 Å².